The van der Waals surface area contributed by atoms with Gasteiger partial charge in [-0.3, -0.25) is 0 Å². The van der Waals surface area contributed by atoms with Gasteiger partial charge in [-0.05, 0) is 24.6 Å². The van der Waals surface area contributed by atoms with E-state index in [2.05, 4.69) is 0 Å². The lowest BCUT2D eigenvalue weighted by Crippen LogP contribution is -2.08. The number of phenols is 1. The van der Waals surface area contributed by atoms with Crippen LogP contribution in [0.25, 0.3) is 0 Å². The van der Waals surface area contributed by atoms with Gasteiger partial charge >= 0.3 is 6.18 Å². The van der Waals surface area contributed by atoms with Crippen molar-refractivity contribution in [3.63, 3.8) is 0 Å². The van der Waals surface area contributed by atoms with Gasteiger partial charge in [-0.15, -0.1) is 0 Å². The molecule has 0 aliphatic rings. The van der Waals surface area contributed by atoms with E-state index in [0.29, 0.717) is 0 Å². The van der Waals surface area contributed by atoms with Crippen LogP contribution in [-0.2, 0) is 12.7 Å². The number of aromatic hydroxyl groups is 1. The third kappa shape index (κ3) is 3.41. The Morgan fingerprint density at radius 3 is 2.12 bits per heavy atom. The van der Waals surface area contributed by atoms with Crippen LogP contribution in [0.5, 0.6) is 5.75 Å². The fourth-order valence-electron chi connectivity index (χ4n) is 1.17. The highest BCUT2D eigenvalue weighted by Gasteiger charge is 2.31. The zero-order valence-corrected chi connectivity index (χ0v) is 9.52. The molecule has 16 heavy (non-hydrogen) atoms. The van der Waals surface area contributed by atoms with Crippen LogP contribution < -0.4 is 5.73 Å². The number of rotatable bonds is 1. The summed E-state index contributed by atoms with van der Waals surface area (Å²) in [5.41, 5.74) is 4.71. The number of phenolic OH excluding ortho intramolecular Hbond substituents is 1. The molecule has 0 bridgehead atoms. The van der Waals surface area contributed by atoms with Crippen molar-refractivity contribution in [2.24, 2.45) is 5.73 Å². The summed E-state index contributed by atoms with van der Waals surface area (Å²) in [6, 6.07) is 1.76. The van der Waals surface area contributed by atoms with Gasteiger partial charge in [-0.25, -0.2) is 0 Å². The van der Waals surface area contributed by atoms with Gasteiger partial charge in [0.2, 0.25) is 0 Å². The Kier molecular flexibility index (Phi) is 5.30. The molecule has 0 amide bonds. The summed E-state index contributed by atoms with van der Waals surface area (Å²) in [6.45, 7) is 5.29. The third-order valence-corrected chi connectivity index (χ3v) is 1.93. The lowest BCUT2D eigenvalue weighted by atomic mass is 10.0. The smallest absolute Gasteiger partial charge is 0.416 e. The van der Waals surface area contributed by atoms with Gasteiger partial charge in [-0.2, -0.15) is 13.2 Å². The van der Waals surface area contributed by atoms with Crippen molar-refractivity contribution in [3.05, 3.63) is 28.8 Å². The molecule has 1 aromatic rings. The van der Waals surface area contributed by atoms with Crippen molar-refractivity contribution in [3.8, 4) is 5.75 Å². The van der Waals surface area contributed by atoms with Crippen molar-refractivity contribution in [1.29, 1.82) is 0 Å². The molecule has 0 saturated carbocycles. The van der Waals surface area contributed by atoms with E-state index in [0.717, 1.165) is 12.1 Å². The molecule has 0 saturated heterocycles. The van der Waals surface area contributed by atoms with Crippen LogP contribution in [0.3, 0.4) is 0 Å². The van der Waals surface area contributed by atoms with Gasteiger partial charge in [0.05, 0.1) is 5.56 Å². The van der Waals surface area contributed by atoms with Gasteiger partial charge in [0.15, 0.2) is 0 Å². The molecule has 0 fully saturated rings. The summed E-state index contributed by atoms with van der Waals surface area (Å²) in [5, 5.41) is 9.34. The Bertz CT molecular complexity index is 348. The second kappa shape index (κ2) is 5.75. The Labute approximate surface area is 92.9 Å². The lowest BCUT2D eigenvalue weighted by molar-refractivity contribution is -0.137. The molecular weight excluding hydrogens is 219 g/mol. The van der Waals surface area contributed by atoms with Crippen LogP contribution in [0.4, 0.5) is 13.2 Å². The lowest BCUT2D eigenvalue weighted by Gasteiger charge is -2.11. The Hall–Kier alpha value is -1.23. The SMILES string of the molecule is CC.Cc1cc(C(F)(F)F)cc(CN)c1O. The maximum Gasteiger partial charge on any atom is 0.416 e. The standard InChI is InChI=1S/C9H10F3NO.C2H6/c1-5-2-7(9(10,11)12)3-6(4-13)8(5)14;1-2/h2-3,14H,4,13H2,1H3;1-2H3. The predicted molar refractivity (Wildman–Crippen MR) is 57.1 cm³/mol. The van der Waals surface area contributed by atoms with E-state index in [1.165, 1.54) is 6.92 Å². The zero-order chi connectivity index (χ0) is 12.9. The van der Waals surface area contributed by atoms with E-state index in [1.54, 1.807) is 0 Å². The van der Waals surface area contributed by atoms with E-state index in [1.807, 2.05) is 13.8 Å². The number of alkyl halides is 3. The molecule has 0 radical (unpaired) electrons. The van der Waals surface area contributed by atoms with Crippen molar-refractivity contribution >= 4 is 0 Å². The molecule has 3 N–H and O–H groups in total. The number of nitrogens with two attached hydrogens (primary N) is 1. The molecular formula is C11H16F3NO. The molecule has 0 aliphatic carbocycles. The fourth-order valence-corrected chi connectivity index (χ4v) is 1.17. The highest BCUT2D eigenvalue weighted by molar-refractivity contribution is 5.43. The van der Waals surface area contributed by atoms with E-state index < -0.39 is 11.7 Å². The molecule has 0 aromatic heterocycles. The summed E-state index contributed by atoms with van der Waals surface area (Å²) in [5.74, 6) is -0.166. The average Bonchev–Trinajstić information content (AvgIpc) is 2.23. The number of hydrogen-bond donors (Lipinski definition) is 2. The summed E-state index contributed by atoms with van der Waals surface area (Å²) in [6.07, 6.45) is -4.40. The van der Waals surface area contributed by atoms with E-state index in [9.17, 15) is 18.3 Å². The topological polar surface area (TPSA) is 46.2 Å². The molecule has 0 aliphatic heterocycles. The second-order valence-electron chi connectivity index (χ2n) is 3.00. The molecule has 2 nitrogen and oxygen atoms in total. The van der Waals surface area contributed by atoms with Gasteiger partial charge in [-0.1, -0.05) is 13.8 Å². The maximum absolute atomic E-state index is 12.3. The highest BCUT2D eigenvalue weighted by Crippen LogP contribution is 2.34. The molecule has 0 atom stereocenters. The number of aryl methyl sites for hydroxylation is 1. The van der Waals surface area contributed by atoms with Crippen LogP contribution in [0, 0.1) is 6.92 Å². The predicted octanol–water partition coefficient (Wildman–Crippen LogP) is 3.20. The molecule has 5 heteroatoms. The number of halogens is 3. The molecule has 0 spiro atoms. The van der Waals surface area contributed by atoms with Crippen LogP contribution in [0.2, 0.25) is 0 Å². The van der Waals surface area contributed by atoms with Crippen LogP contribution >= 0.6 is 0 Å². The summed E-state index contributed by atoms with van der Waals surface area (Å²) in [4.78, 5) is 0. The molecule has 1 aromatic carbocycles. The van der Waals surface area contributed by atoms with E-state index in [-0.39, 0.29) is 23.4 Å². The normalized spacial score (nSPS) is 10.7. The van der Waals surface area contributed by atoms with Gasteiger partial charge < -0.3 is 10.8 Å². The molecule has 0 heterocycles. The van der Waals surface area contributed by atoms with Crippen LogP contribution in [0.15, 0.2) is 12.1 Å². The van der Waals surface area contributed by atoms with Crippen molar-refractivity contribution in [2.75, 3.05) is 0 Å². The van der Waals surface area contributed by atoms with Crippen LogP contribution in [-0.4, -0.2) is 5.11 Å². The monoisotopic (exact) mass is 235 g/mol. The third-order valence-electron chi connectivity index (χ3n) is 1.93. The molecule has 92 valence electrons. The number of hydrogen-bond acceptors (Lipinski definition) is 2. The van der Waals surface area contributed by atoms with Gasteiger partial charge in [0.1, 0.15) is 5.75 Å². The van der Waals surface area contributed by atoms with E-state index >= 15 is 0 Å². The first-order valence-electron chi connectivity index (χ1n) is 4.96. The minimum atomic E-state index is -4.40. The summed E-state index contributed by atoms with van der Waals surface area (Å²) >= 11 is 0. The summed E-state index contributed by atoms with van der Waals surface area (Å²) < 4.78 is 36.9. The van der Waals surface area contributed by atoms with Gasteiger partial charge in [0, 0.05) is 12.1 Å². The first-order chi connectivity index (χ1) is 7.36. The Balaban J connectivity index is 0.00000106. The van der Waals surface area contributed by atoms with Crippen molar-refractivity contribution in [1.82, 2.24) is 0 Å². The highest BCUT2D eigenvalue weighted by atomic mass is 19.4. The average molecular weight is 235 g/mol. The first-order valence-corrected chi connectivity index (χ1v) is 4.96. The van der Waals surface area contributed by atoms with Crippen LogP contribution in [0.1, 0.15) is 30.5 Å². The van der Waals surface area contributed by atoms with Crippen molar-refractivity contribution < 1.29 is 18.3 Å². The molecule has 1 rings (SSSR count). The zero-order valence-electron chi connectivity index (χ0n) is 9.52. The Morgan fingerprint density at radius 2 is 1.75 bits per heavy atom. The minimum absolute atomic E-state index is 0.109. The number of benzene rings is 1. The quantitative estimate of drug-likeness (QED) is 0.785. The van der Waals surface area contributed by atoms with Gasteiger partial charge in [0.25, 0.3) is 0 Å². The summed E-state index contributed by atoms with van der Waals surface area (Å²) in [7, 11) is 0. The largest absolute Gasteiger partial charge is 0.507 e. The maximum atomic E-state index is 12.3. The first kappa shape index (κ1) is 14.8. The van der Waals surface area contributed by atoms with E-state index in [4.69, 9.17) is 5.73 Å². The minimum Gasteiger partial charge on any atom is -0.507 e. The second-order valence-corrected chi connectivity index (χ2v) is 3.00. The molecule has 0 unspecified atom stereocenters. The Morgan fingerprint density at radius 1 is 1.25 bits per heavy atom. The van der Waals surface area contributed by atoms with Crippen molar-refractivity contribution in [2.45, 2.75) is 33.5 Å². The fraction of sp³-hybridized carbons (Fsp3) is 0.455.